The maximum absolute atomic E-state index is 12.5. The zero-order chi connectivity index (χ0) is 18.2. The van der Waals surface area contributed by atoms with Crippen molar-refractivity contribution < 1.29 is 14.3 Å². The normalized spacial score (nSPS) is 16.4. The summed E-state index contributed by atoms with van der Waals surface area (Å²) in [6.45, 7) is 1.74. The third-order valence-corrected chi connectivity index (χ3v) is 4.74. The molecule has 1 aliphatic rings. The molecule has 5 heteroatoms. The second kappa shape index (κ2) is 9.25. The largest absolute Gasteiger partial charge is 0.497 e. The van der Waals surface area contributed by atoms with E-state index in [0.717, 1.165) is 24.2 Å². The summed E-state index contributed by atoms with van der Waals surface area (Å²) in [6, 6.07) is 7.18. The summed E-state index contributed by atoms with van der Waals surface area (Å²) in [5, 5.41) is 2.75. The molecule has 0 aromatic heterocycles. The molecule has 0 radical (unpaired) electrons. The van der Waals surface area contributed by atoms with E-state index in [9.17, 15) is 9.59 Å². The highest BCUT2D eigenvalue weighted by molar-refractivity contribution is 5.95. The lowest BCUT2D eigenvalue weighted by molar-refractivity contribution is -0.136. The Hall–Kier alpha value is -2.30. The fourth-order valence-electron chi connectivity index (χ4n) is 3.16. The van der Waals surface area contributed by atoms with Crippen LogP contribution in [0, 0.1) is 0 Å². The molecule has 1 fully saturated rings. The van der Waals surface area contributed by atoms with Gasteiger partial charge in [-0.15, -0.1) is 0 Å². The first-order valence-corrected chi connectivity index (χ1v) is 8.90. The number of hydrogen-bond donors (Lipinski definition) is 1. The smallest absolute Gasteiger partial charge is 0.244 e. The van der Waals surface area contributed by atoms with Crippen LogP contribution in [-0.2, 0) is 9.59 Å². The molecule has 0 saturated heterocycles. The number of methoxy groups -OCH3 is 1. The number of ether oxygens (including phenoxy) is 1. The number of amides is 2. The Kier molecular flexibility index (Phi) is 7.04. The fourth-order valence-corrected chi connectivity index (χ4v) is 3.16. The Labute approximate surface area is 150 Å². The molecule has 0 bridgehead atoms. The van der Waals surface area contributed by atoms with E-state index in [4.69, 9.17) is 4.74 Å². The summed E-state index contributed by atoms with van der Waals surface area (Å²) in [5.41, 5.74) is 0.897. The van der Waals surface area contributed by atoms with Crippen LogP contribution in [0.25, 0.3) is 6.08 Å². The molecule has 1 aromatic carbocycles. The molecule has 1 N–H and O–H groups in total. The minimum atomic E-state index is -0.528. The van der Waals surface area contributed by atoms with Crippen LogP contribution >= 0.6 is 0 Å². The SMILES string of the molecule is COc1ccc(/C=C/C(=O)NC(C)C(=O)N(C)C2CCCCC2)cc1. The van der Waals surface area contributed by atoms with E-state index < -0.39 is 6.04 Å². The van der Waals surface area contributed by atoms with E-state index in [1.807, 2.05) is 31.3 Å². The predicted molar refractivity (Wildman–Crippen MR) is 99.3 cm³/mol. The van der Waals surface area contributed by atoms with Crippen LogP contribution in [0.15, 0.2) is 30.3 Å². The highest BCUT2D eigenvalue weighted by Crippen LogP contribution is 2.22. The molecule has 1 unspecified atom stereocenters. The third kappa shape index (κ3) is 5.62. The predicted octanol–water partition coefficient (Wildman–Crippen LogP) is 3.00. The number of carbonyl (C=O) groups is 2. The molecule has 25 heavy (non-hydrogen) atoms. The molecule has 0 spiro atoms. The first kappa shape index (κ1) is 19.0. The molecular weight excluding hydrogens is 316 g/mol. The van der Waals surface area contributed by atoms with Gasteiger partial charge in [-0.25, -0.2) is 0 Å². The molecular formula is C20H28N2O3. The van der Waals surface area contributed by atoms with Crippen LogP contribution in [0.5, 0.6) is 5.75 Å². The van der Waals surface area contributed by atoms with Crippen molar-refractivity contribution in [3.05, 3.63) is 35.9 Å². The summed E-state index contributed by atoms with van der Waals surface area (Å²) in [6.07, 6.45) is 8.88. The van der Waals surface area contributed by atoms with E-state index in [1.54, 1.807) is 25.0 Å². The summed E-state index contributed by atoms with van der Waals surface area (Å²) < 4.78 is 5.10. The van der Waals surface area contributed by atoms with Crippen molar-refractivity contribution in [2.75, 3.05) is 14.2 Å². The Morgan fingerprint density at radius 3 is 2.44 bits per heavy atom. The molecule has 0 heterocycles. The lowest BCUT2D eigenvalue weighted by Gasteiger charge is -2.33. The number of benzene rings is 1. The van der Waals surface area contributed by atoms with Gasteiger partial charge in [0, 0.05) is 19.2 Å². The van der Waals surface area contributed by atoms with Gasteiger partial charge in [-0.05, 0) is 43.5 Å². The molecule has 136 valence electrons. The van der Waals surface area contributed by atoms with Crippen LogP contribution in [0.2, 0.25) is 0 Å². The molecule has 1 atom stereocenters. The number of rotatable bonds is 6. The van der Waals surface area contributed by atoms with Crippen molar-refractivity contribution >= 4 is 17.9 Å². The minimum absolute atomic E-state index is 0.0295. The van der Waals surface area contributed by atoms with E-state index in [1.165, 1.54) is 25.3 Å². The van der Waals surface area contributed by atoms with E-state index >= 15 is 0 Å². The van der Waals surface area contributed by atoms with Gasteiger partial charge in [0.25, 0.3) is 0 Å². The number of carbonyl (C=O) groups excluding carboxylic acids is 2. The average molecular weight is 344 g/mol. The van der Waals surface area contributed by atoms with Crippen LogP contribution in [0.4, 0.5) is 0 Å². The molecule has 1 saturated carbocycles. The first-order chi connectivity index (χ1) is 12.0. The summed E-state index contributed by atoms with van der Waals surface area (Å²) in [7, 11) is 3.45. The molecule has 1 aliphatic carbocycles. The number of nitrogens with zero attached hydrogens (tertiary/aromatic N) is 1. The first-order valence-electron chi connectivity index (χ1n) is 8.90. The van der Waals surface area contributed by atoms with Gasteiger partial charge in [0.05, 0.1) is 7.11 Å². The van der Waals surface area contributed by atoms with Crippen LogP contribution in [-0.4, -0.2) is 43.0 Å². The quantitative estimate of drug-likeness (QED) is 0.807. The van der Waals surface area contributed by atoms with Gasteiger partial charge < -0.3 is 15.0 Å². The second-order valence-electron chi connectivity index (χ2n) is 6.58. The third-order valence-electron chi connectivity index (χ3n) is 4.74. The maximum atomic E-state index is 12.5. The average Bonchev–Trinajstić information content (AvgIpc) is 2.66. The van der Waals surface area contributed by atoms with Gasteiger partial charge in [-0.3, -0.25) is 9.59 Å². The molecule has 2 amide bonds. The zero-order valence-corrected chi connectivity index (χ0v) is 15.3. The Balaban J connectivity index is 1.85. The van der Waals surface area contributed by atoms with E-state index in [0.29, 0.717) is 6.04 Å². The van der Waals surface area contributed by atoms with Gasteiger partial charge in [0.1, 0.15) is 11.8 Å². The van der Waals surface area contributed by atoms with E-state index in [2.05, 4.69) is 5.32 Å². The molecule has 5 nitrogen and oxygen atoms in total. The number of hydrogen-bond acceptors (Lipinski definition) is 3. The monoisotopic (exact) mass is 344 g/mol. The van der Waals surface area contributed by atoms with Gasteiger partial charge in [0.15, 0.2) is 0 Å². The van der Waals surface area contributed by atoms with Crippen molar-refractivity contribution in [1.82, 2.24) is 10.2 Å². The van der Waals surface area contributed by atoms with Gasteiger partial charge in [-0.1, -0.05) is 31.4 Å². The molecule has 2 rings (SSSR count). The highest BCUT2D eigenvalue weighted by atomic mass is 16.5. The topological polar surface area (TPSA) is 58.6 Å². The summed E-state index contributed by atoms with van der Waals surface area (Å²) in [4.78, 5) is 26.4. The van der Waals surface area contributed by atoms with Crippen molar-refractivity contribution in [2.45, 2.75) is 51.1 Å². The number of nitrogens with one attached hydrogen (secondary N) is 1. The maximum Gasteiger partial charge on any atom is 0.244 e. The van der Waals surface area contributed by atoms with E-state index in [-0.39, 0.29) is 11.8 Å². The second-order valence-corrected chi connectivity index (χ2v) is 6.58. The standard InChI is InChI=1S/C20H28N2O3/c1-15(20(24)22(2)17-7-5-4-6-8-17)21-19(23)14-11-16-9-12-18(25-3)13-10-16/h9-15,17H,4-8H2,1-3H3,(H,21,23)/b14-11+. The summed E-state index contributed by atoms with van der Waals surface area (Å²) in [5.74, 6) is 0.471. The van der Waals surface area contributed by atoms with Crippen molar-refractivity contribution in [1.29, 1.82) is 0 Å². The van der Waals surface area contributed by atoms with Crippen LogP contribution in [0.1, 0.15) is 44.6 Å². The van der Waals surface area contributed by atoms with Gasteiger partial charge in [0.2, 0.25) is 11.8 Å². The fraction of sp³-hybridized carbons (Fsp3) is 0.500. The Bertz CT molecular complexity index is 604. The van der Waals surface area contributed by atoms with Gasteiger partial charge >= 0.3 is 0 Å². The van der Waals surface area contributed by atoms with Crippen molar-refractivity contribution in [2.24, 2.45) is 0 Å². The molecule has 1 aromatic rings. The van der Waals surface area contributed by atoms with Crippen molar-refractivity contribution in [3.63, 3.8) is 0 Å². The Morgan fingerprint density at radius 1 is 1.20 bits per heavy atom. The van der Waals surface area contributed by atoms with Gasteiger partial charge in [-0.2, -0.15) is 0 Å². The zero-order valence-electron chi connectivity index (χ0n) is 15.3. The highest BCUT2D eigenvalue weighted by Gasteiger charge is 2.25. The number of likely N-dealkylation sites (N-methyl/N-ethyl adjacent to an activating group) is 1. The molecule has 0 aliphatic heterocycles. The lowest BCUT2D eigenvalue weighted by atomic mass is 9.94. The lowest BCUT2D eigenvalue weighted by Crippen LogP contribution is -2.49. The van der Waals surface area contributed by atoms with Crippen LogP contribution in [0.3, 0.4) is 0 Å². The Morgan fingerprint density at radius 2 is 1.84 bits per heavy atom. The van der Waals surface area contributed by atoms with Crippen molar-refractivity contribution in [3.8, 4) is 5.75 Å². The van der Waals surface area contributed by atoms with Crippen LogP contribution < -0.4 is 10.1 Å². The summed E-state index contributed by atoms with van der Waals surface area (Å²) >= 11 is 0. The minimum Gasteiger partial charge on any atom is -0.497 e.